The van der Waals surface area contributed by atoms with E-state index in [0.29, 0.717) is 11.5 Å². The van der Waals surface area contributed by atoms with Crippen molar-refractivity contribution in [1.29, 1.82) is 0 Å². The standard InChI is InChI=1S/C23H24N2O3/c26-22(25-18-7-11-23(27,12-8-18)17-5-6-17)16-3-1-15(2-4-16)21-19-10-14-28-20(19)9-13-24-21/h1-4,9-10,13-14,17-18,27H,5-8,11-12H2,(H,25,26). The van der Waals surface area contributed by atoms with Gasteiger partial charge in [-0.25, -0.2) is 0 Å². The van der Waals surface area contributed by atoms with E-state index in [0.717, 1.165) is 60.8 Å². The van der Waals surface area contributed by atoms with Gasteiger partial charge in [-0.05, 0) is 68.7 Å². The Balaban J connectivity index is 1.26. The zero-order valence-corrected chi connectivity index (χ0v) is 15.7. The van der Waals surface area contributed by atoms with Crippen molar-refractivity contribution in [3.63, 3.8) is 0 Å². The number of fused-ring (bicyclic) bond motifs is 1. The van der Waals surface area contributed by atoms with Crippen LogP contribution in [0.15, 0.2) is 53.3 Å². The lowest BCUT2D eigenvalue weighted by atomic mass is 9.79. The minimum atomic E-state index is -0.482. The molecule has 0 spiro atoms. The van der Waals surface area contributed by atoms with Crippen LogP contribution in [0.25, 0.3) is 22.2 Å². The molecule has 0 radical (unpaired) electrons. The van der Waals surface area contributed by atoms with Crippen molar-refractivity contribution in [1.82, 2.24) is 10.3 Å². The quantitative estimate of drug-likeness (QED) is 0.711. The normalized spacial score (nSPS) is 25.0. The zero-order valence-electron chi connectivity index (χ0n) is 15.7. The third-order valence-corrected chi connectivity index (χ3v) is 6.32. The van der Waals surface area contributed by atoms with Crippen LogP contribution in [0.2, 0.25) is 0 Å². The Morgan fingerprint density at radius 2 is 1.82 bits per heavy atom. The molecule has 3 aromatic rings. The zero-order chi connectivity index (χ0) is 19.1. The molecule has 0 unspecified atom stereocenters. The van der Waals surface area contributed by atoms with Crippen LogP contribution in [0.1, 0.15) is 48.9 Å². The lowest BCUT2D eigenvalue weighted by Gasteiger charge is -2.36. The Morgan fingerprint density at radius 1 is 1.07 bits per heavy atom. The van der Waals surface area contributed by atoms with Gasteiger partial charge in [-0.15, -0.1) is 0 Å². The molecule has 2 aliphatic carbocycles. The maximum absolute atomic E-state index is 12.6. The molecule has 0 aliphatic heterocycles. The molecule has 2 aliphatic rings. The van der Waals surface area contributed by atoms with E-state index in [1.165, 1.54) is 0 Å². The van der Waals surface area contributed by atoms with Crippen molar-refractivity contribution in [2.45, 2.75) is 50.2 Å². The van der Waals surface area contributed by atoms with Gasteiger partial charge >= 0.3 is 0 Å². The predicted octanol–water partition coefficient (Wildman–Crippen LogP) is 4.31. The Labute approximate surface area is 163 Å². The van der Waals surface area contributed by atoms with Crippen LogP contribution in [0.5, 0.6) is 0 Å². The molecule has 5 rings (SSSR count). The number of furan rings is 1. The predicted molar refractivity (Wildman–Crippen MR) is 107 cm³/mol. The van der Waals surface area contributed by atoms with Gasteiger partial charge in [0.1, 0.15) is 5.58 Å². The molecular weight excluding hydrogens is 352 g/mol. The van der Waals surface area contributed by atoms with Crippen LogP contribution in [0.3, 0.4) is 0 Å². The van der Waals surface area contributed by atoms with Crippen LogP contribution >= 0.6 is 0 Å². The number of carbonyl (C=O) groups excluding carboxylic acids is 1. The molecule has 2 saturated carbocycles. The molecule has 2 aromatic heterocycles. The van der Waals surface area contributed by atoms with Crippen molar-refractivity contribution in [3.05, 3.63) is 54.4 Å². The van der Waals surface area contributed by atoms with E-state index in [1.54, 1.807) is 12.5 Å². The van der Waals surface area contributed by atoms with Gasteiger partial charge in [-0.1, -0.05) is 12.1 Å². The van der Waals surface area contributed by atoms with Gasteiger partial charge in [0.05, 0.1) is 17.6 Å². The van der Waals surface area contributed by atoms with Gasteiger partial charge in [-0.3, -0.25) is 9.78 Å². The molecule has 0 saturated heterocycles. The van der Waals surface area contributed by atoms with E-state index in [-0.39, 0.29) is 11.9 Å². The lowest BCUT2D eigenvalue weighted by molar-refractivity contribution is -0.0231. The summed E-state index contributed by atoms with van der Waals surface area (Å²) in [5, 5.41) is 14.8. The molecule has 0 atom stereocenters. The lowest BCUT2D eigenvalue weighted by Crippen LogP contribution is -2.44. The summed E-state index contributed by atoms with van der Waals surface area (Å²) in [4.78, 5) is 17.1. The summed E-state index contributed by atoms with van der Waals surface area (Å²) >= 11 is 0. The fourth-order valence-electron chi connectivity index (χ4n) is 4.46. The molecule has 5 heteroatoms. The van der Waals surface area contributed by atoms with Gasteiger partial charge < -0.3 is 14.8 Å². The number of aromatic nitrogens is 1. The highest BCUT2D eigenvalue weighted by molar-refractivity contribution is 5.96. The third kappa shape index (κ3) is 3.20. The molecule has 144 valence electrons. The van der Waals surface area contributed by atoms with Crippen molar-refractivity contribution < 1.29 is 14.3 Å². The Bertz CT molecular complexity index is 996. The van der Waals surface area contributed by atoms with Crippen LogP contribution < -0.4 is 5.32 Å². The molecule has 2 N–H and O–H groups in total. The number of nitrogens with zero attached hydrogens (tertiary/aromatic N) is 1. The number of pyridine rings is 1. The molecule has 1 aromatic carbocycles. The number of hydrogen-bond donors (Lipinski definition) is 2. The first-order valence-electron chi connectivity index (χ1n) is 10.1. The van der Waals surface area contributed by atoms with Crippen molar-refractivity contribution in [3.8, 4) is 11.3 Å². The van der Waals surface area contributed by atoms with Crippen molar-refractivity contribution in [2.24, 2.45) is 5.92 Å². The second-order valence-electron chi connectivity index (χ2n) is 8.19. The maximum Gasteiger partial charge on any atom is 0.251 e. The number of hydrogen-bond acceptors (Lipinski definition) is 4. The van der Waals surface area contributed by atoms with E-state index in [4.69, 9.17) is 4.42 Å². The summed E-state index contributed by atoms with van der Waals surface area (Å²) in [7, 11) is 0. The van der Waals surface area contributed by atoms with E-state index in [1.807, 2.05) is 36.4 Å². The monoisotopic (exact) mass is 376 g/mol. The van der Waals surface area contributed by atoms with Gasteiger partial charge in [0, 0.05) is 28.8 Å². The van der Waals surface area contributed by atoms with Crippen LogP contribution in [0.4, 0.5) is 0 Å². The molecule has 28 heavy (non-hydrogen) atoms. The van der Waals surface area contributed by atoms with Gasteiger partial charge in [0.25, 0.3) is 5.91 Å². The number of aliphatic hydroxyl groups is 1. The summed E-state index contributed by atoms with van der Waals surface area (Å²) in [5.41, 5.74) is 2.77. The van der Waals surface area contributed by atoms with E-state index in [2.05, 4.69) is 10.3 Å². The van der Waals surface area contributed by atoms with Gasteiger partial charge in [-0.2, -0.15) is 0 Å². The SMILES string of the molecule is O=C(NC1CCC(O)(C2CC2)CC1)c1ccc(-c2nccc3occc23)cc1. The minimum absolute atomic E-state index is 0.0529. The second-order valence-corrected chi connectivity index (χ2v) is 8.19. The molecule has 5 nitrogen and oxygen atoms in total. The first-order valence-corrected chi connectivity index (χ1v) is 10.1. The maximum atomic E-state index is 12.6. The van der Waals surface area contributed by atoms with Crippen molar-refractivity contribution in [2.75, 3.05) is 0 Å². The summed E-state index contributed by atoms with van der Waals surface area (Å²) in [6, 6.07) is 11.4. The fourth-order valence-corrected chi connectivity index (χ4v) is 4.46. The number of benzene rings is 1. The largest absolute Gasteiger partial charge is 0.464 e. The first-order chi connectivity index (χ1) is 13.6. The third-order valence-electron chi connectivity index (χ3n) is 6.32. The summed E-state index contributed by atoms with van der Waals surface area (Å²) in [5.74, 6) is 0.438. The molecular formula is C23H24N2O3. The molecule has 2 fully saturated rings. The Kier molecular flexibility index (Phi) is 4.20. The smallest absolute Gasteiger partial charge is 0.251 e. The average Bonchev–Trinajstić information content (AvgIpc) is 3.48. The first kappa shape index (κ1) is 17.4. The highest BCUT2D eigenvalue weighted by Gasteiger charge is 2.45. The Morgan fingerprint density at radius 3 is 2.54 bits per heavy atom. The second kappa shape index (κ2) is 6.74. The highest BCUT2D eigenvalue weighted by atomic mass is 16.3. The van der Waals surface area contributed by atoms with Crippen LogP contribution in [-0.4, -0.2) is 27.6 Å². The molecule has 1 amide bonds. The molecule has 0 bridgehead atoms. The topological polar surface area (TPSA) is 75.4 Å². The van der Waals surface area contributed by atoms with E-state index >= 15 is 0 Å². The Hall–Kier alpha value is -2.66. The number of nitrogens with one attached hydrogen (secondary N) is 1. The van der Waals surface area contributed by atoms with Crippen LogP contribution in [0, 0.1) is 5.92 Å². The number of amides is 1. The van der Waals surface area contributed by atoms with Crippen molar-refractivity contribution >= 4 is 16.9 Å². The summed E-state index contributed by atoms with van der Waals surface area (Å²) in [6.07, 6.45) is 8.98. The summed E-state index contributed by atoms with van der Waals surface area (Å²) < 4.78 is 5.44. The van der Waals surface area contributed by atoms with Crippen LogP contribution in [-0.2, 0) is 0 Å². The van der Waals surface area contributed by atoms with Gasteiger partial charge in [0.15, 0.2) is 0 Å². The fraction of sp³-hybridized carbons (Fsp3) is 0.391. The van der Waals surface area contributed by atoms with E-state index in [9.17, 15) is 9.90 Å². The minimum Gasteiger partial charge on any atom is -0.464 e. The van der Waals surface area contributed by atoms with Gasteiger partial charge in [0.2, 0.25) is 0 Å². The number of rotatable bonds is 4. The molecule has 2 heterocycles. The number of carbonyl (C=O) groups is 1. The summed E-state index contributed by atoms with van der Waals surface area (Å²) in [6.45, 7) is 0. The average molecular weight is 376 g/mol. The van der Waals surface area contributed by atoms with E-state index < -0.39 is 5.60 Å². The highest BCUT2D eigenvalue weighted by Crippen LogP contribution is 2.47.